The molecule has 0 atom stereocenters. The van der Waals surface area contributed by atoms with Crippen molar-refractivity contribution < 1.29 is 13.2 Å². The number of benzene rings is 1. The minimum atomic E-state index is -3.47. The molecule has 8 heteroatoms. The molecule has 1 saturated heterocycles. The Morgan fingerprint density at radius 1 is 1.04 bits per heavy atom. The number of ether oxygens (including phenoxy) is 1. The molecule has 0 radical (unpaired) electrons. The first-order valence-corrected chi connectivity index (χ1v) is 11.5. The minimum Gasteiger partial charge on any atom is -0.379 e. The lowest BCUT2D eigenvalue weighted by molar-refractivity contribution is 0.0730. The molecule has 1 aliphatic rings. The molecule has 148 valence electrons. The highest BCUT2D eigenvalue weighted by Crippen LogP contribution is 2.29. The van der Waals surface area contributed by atoms with Gasteiger partial charge in [-0.15, -0.1) is 11.3 Å². The Morgan fingerprint density at radius 2 is 1.75 bits per heavy atom. The van der Waals surface area contributed by atoms with Crippen molar-refractivity contribution >= 4 is 21.4 Å². The quantitative estimate of drug-likeness (QED) is 0.643. The van der Waals surface area contributed by atoms with Crippen LogP contribution in [-0.2, 0) is 14.8 Å². The predicted molar refractivity (Wildman–Crippen MR) is 112 cm³/mol. The lowest BCUT2D eigenvalue weighted by Gasteiger charge is -2.26. The number of thiazole rings is 1. The largest absolute Gasteiger partial charge is 0.379 e. The minimum absolute atomic E-state index is 0.297. The summed E-state index contributed by atoms with van der Waals surface area (Å²) in [7, 11) is -3.47. The molecule has 0 spiro atoms. The van der Waals surface area contributed by atoms with E-state index in [9.17, 15) is 8.42 Å². The summed E-state index contributed by atoms with van der Waals surface area (Å²) in [5.41, 5.74) is 2.68. The second-order valence-corrected chi connectivity index (χ2v) is 8.62. The third-order valence-electron chi connectivity index (χ3n) is 4.17. The van der Waals surface area contributed by atoms with Gasteiger partial charge in [-0.3, -0.25) is 4.98 Å². The maximum Gasteiger partial charge on any atom is 0.243 e. The van der Waals surface area contributed by atoms with Crippen LogP contribution in [0.3, 0.4) is 0 Å². The van der Waals surface area contributed by atoms with Crippen LogP contribution in [0, 0.1) is 0 Å². The van der Waals surface area contributed by atoms with E-state index in [0.29, 0.717) is 31.2 Å². The zero-order valence-electron chi connectivity index (χ0n) is 15.9. The summed E-state index contributed by atoms with van der Waals surface area (Å²) in [6.45, 7) is 5.66. The van der Waals surface area contributed by atoms with Gasteiger partial charge in [-0.1, -0.05) is 26.0 Å². The van der Waals surface area contributed by atoms with Gasteiger partial charge in [0.1, 0.15) is 5.01 Å². The van der Waals surface area contributed by atoms with E-state index in [4.69, 9.17) is 4.74 Å². The highest BCUT2D eigenvalue weighted by molar-refractivity contribution is 7.89. The van der Waals surface area contributed by atoms with Gasteiger partial charge in [0.15, 0.2) is 0 Å². The van der Waals surface area contributed by atoms with Crippen molar-refractivity contribution in [3.63, 3.8) is 0 Å². The predicted octanol–water partition coefficient (Wildman–Crippen LogP) is 3.92. The van der Waals surface area contributed by atoms with Crippen LogP contribution in [0.2, 0.25) is 0 Å². The van der Waals surface area contributed by atoms with Gasteiger partial charge in [0.25, 0.3) is 0 Å². The second kappa shape index (κ2) is 9.38. The van der Waals surface area contributed by atoms with Gasteiger partial charge in [0.05, 0.1) is 23.8 Å². The third-order valence-corrected chi connectivity index (χ3v) is 6.97. The molecular formula is C20H23N3O3S2. The van der Waals surface area contributed by atoms with Crippen LogP contribution in [-0.4, -0.2) is 49.0 Å². The van der Waals surface area contributed by atoms with Crippen LogP contribution >= 0.6 is 11.3 Å². The number of hydrogen-bond donors (Lipinski definition) is 0. The number of aromatic nitrogens is 2. The second-order valence-electron chi connectivity index (χ2n) is 5.82. The molecule has 0 saturated carbocycles. The van der Waals surface area contributed by atoms with Crippen molar-refractivity contribution in [3.05, 3.63) is 54.2 Å². The smallest absolute Gasteiger partial charge is 0.243 e. The van der Waals surface area contributed by atoms with Gasteiger partial charge in [-0.25, -0.2) is 13.4 Å². The Labute approximate surface area is 169 Å². The lowest BCUT2D eigenvalue weighted by Crippen LogP contribution is -2.40. The molecule has 0 aliphatic carbocycles. The summed E-state index contributed by atoms with van der Waals surface area (Å²) in [6.07, 6.45) is 3.51. The molecule has 0 unspecified atom stereocenters. The molecule has 3 heterocycles. The van der Waals surface area contributed by atoms with Crippen molar-refractivity contribution in [2.45, 2.75) is 18.7 Å². The average Bonchev–Trinajstić information content (AvgIpc) is 3.27. The molecular weight excluding hydrogens is 394 g/mol. The SMILES string of the molecule is CC.O=S(=O)(c1ccc(-c2csc(-c3cccnc3)n2)cc1)N1CCOCC1. The van der Waals surface area contributed by atoms with Crippen LogP contribution in [0.4, 0.5) is 0 Å². The summed E-state index contributed by atoms with van der Waals surface area (Å²) in [5.74, 6) is 0. The highest BCUT2D eigenvalue weighted by Gasteiger charge is 2.26. The van der Waals surface area contributed by atoms with E-state index in [1.807, 2.05) is 31.4 Å². The van der Waals surface area contributed by atoms with Crippen LogP contribution in [0.1, 0.15) is 13.8 Å². The molecule has 1 aliphatic heterocycles. The number of morpholine rings is 1. The fourth-order valence-electron chi connectivity index (χ4n) is 2.76. The number of nitrogens with zero attached hydrogens (tertiary/aromatic N) is 3. The first kappa shape index (κ1) is 20.6. The molecule has 2 aromatic heterocycles. The summed E-state index contributed by atoms with van der Waals surface area (Å²) >= 11 is 1.54. The van der Waals surface area contributed by atoms with Crippen LogP contribution < -0.4 is 0 Å². The van der Waals surface area contributed by atoms with E-state index in [1.54, 1.807) is 36.7 Å². The maximum absolute atomic E-state index is 12.7. The van der Waals surface area contributed by atoms with Gasteiger partial charge >= 0.3 is 0 Å². The standard InChI is InChI=1S/C18H17N3O3S2.C2H6/c22-26(23,21-8-10-24-11-9-21)16-5-3-14(4-6-16)17-13-25-18(20-17)15-2-1-7-19-12-15;1-2/h1-7,12-13H,8-11H2;1-2H3. The van der Waals surface area contributed by atoms with Crippen LogP contribution in [0.5, 0.6) is 0 Å². The van der Waals surface area contributed by atoms with Crippen molar-refractivity contribution in [2.75, 3.05) is 26.3 Å². The molecule has 6 nitrogen and oxygen atoms in total. The first-order chi connectivity index (χ1) is 13.6. The average molecular weight is 418 g/mol. The Bertz CT molecular complexity index is 981. The maximum atomic E-state index is 12.7. The third kappa shape index (κ3) is 4.47. The molecule has 28 heavy (non-hydrogen) atoms. The van der Waals surface area contributed by atoms with Gasteiger partial charge in [0, 0.05) is 42.0 Å². The van der Waals surface area contributed by atoms with E-state index < -0.39 is 10.0 Å². The monoisotopic (exact) mass is 417 g/mol. The zero-order chi connectivity index (χ0) is 20.0. The van der Waals surface area contributed by atoms with E-state index in [0.717, 1.165) is 21.8 Å². The summed E-state index contributed by atoms with van der Waals surface area (Å²) in [4.78, 5) is 9.04. The fraction of sp³-hybridized carbons (Fsp3) is 0.300. The lowest BCUT2D eigenvalue weighted by atomic mass is 10.2. The molecule has 0 bridgehead atoms. The van der Waals surface area contributed by atoms with E-state index in [2.05, 4.69) is 9.97 Å². The molecule has 1 aromatic carbocycles. The molecule has 1 fully saturated rings. The van der Waals surface area contributed by atoms with Gasteiger partial charge in [-0.2, -0.15) is 4.31 Å². The fourth-order valence-corrected chi connectivity index (χ4v) is 4.99. The van der Waals surface area contributed by atoms with E-state index in [1.165, 1.54) is 15.6 Å². The Balaban J connectivity index is 0.00000109. The zero-order valence-corrected chi connectivity index (χ0v) is 17.5. The summed E-state index contributed by atoms with van der Waals surface area (Å²) in [5, 5.41) is 2.85. The molecule has 3 aromatic rings. The van der Waals surface area contributed by atoms with Crippen molar-refractivity contribution in [1.29, 1.82) is 0 Å². The Hall–Kier alpha value is -2.13. The van der Waals surface area contributed by atoms with Crippen molar-refractivity contribution in [1.82, 2.24) is 14.3 Å². The number of hydrogen-bond acceptors (Lipinski definition) is 6. The number of sulfonamides is 1. The summed E-state index contributed by atoms with van der Waals surface area (Å²) < 4.78 is 32.0. The van der Waals surface area contributed by atoms with Crippen molar-refractivity contribution in [3.8, 4) is 21.8 Å². The van der Waals surface area contributed by atoms with Gasteiger partial charge in [0.2, 0.25) is 10.0 Å². The van der Waals surface area contributed by atoms with Gasteiger partial charge in [-0.05, 0) is 24.3 Å². The van der Waals surface area contributed by atoms with Crippen molar-refractivity contribution in [2.24, 2.45) is 0 Å². The van der Waals surface area contributed by atoms with Crippen LogP contribution in [0.25, 0.3) is 21.8 Å². The van der Waals surface area contributed by atoms with E-state index in [-0.39, 0.29) is 0 Å². The topological polar surface area (TPSA) is 72.4 Å². The molecule has 0 amide bonds. The molecule has 0 N–H and O–H groups in total. The van der Waals surface area contributed by atoms with Gasteiger partial charge < -0.3 is 4.74 Å². The van der Waals surface area contributed by atoms with E-state index >= 15 is 0 Å². The number of rotatable bonds is 4. The first-order valence-electron chi connectivity index (χ1n) is 9.19. The summed E-state index contributed by atoms with van der Waals surface area (Å²) in [6, 6.07) is 10.7. The highest BCUT2D eigenvalue weighted by atomic mass is 32.2. The van der Waals surface area contributed by atoms with Crippen LogP contribution in [0.15, 0.2) is 59.1 Å². The normalized spacial score (nSPS) is 14.9. The Kier molecular flexibility index (Phi) is 6.90. The number of pyridine rings is 1. The Morgan fingerprint density at radius 3 is 2.39 bits per heavy atom. The molecule has 4 rings (SSSR count).